The Morgan fingerprint density at radius 1 is 0.882 bits per heavy atom. The molecule has 0 unspecified atom stereocenters. The van der Waals surface area contributed by atoms with Gasteiger partial charge in [0.15, 0.2) is 0 Å². The lowest BCUT2D eigenvalue weighted by Crippen LogP contribution is -2.29. The molecule has 2 aromatic rings. The van der Waals surface area contributed by atoms with Gasteiger partial charge in [0.1, 0.15) is 5.75 Å². The summed E-state index contributed by atoms with van der Waals surface area (Å²) in [4.78, 5) is 32.8. The van der Waals surface area contributed by atoms with Gasteiger partial charge in [0.25, 0.3) is 0 Å². The molecule has 0 spiro atoms. The van der Waals surface area contributed by atoms with Crippen LogP contribution in [0.25, 0.3) is 0 Å². The second kappa shape index (κ2) is 14.5. The maximum Gasteiger partial charge on any atom is 0.414 e. The molecule has 9 heteroatoms. The molecular weight excluding hydrogens is 438 g/mol. The van der Waals surface area contributed by atoms with Crippen LogP contribution in [-0.2, 0) is 20.8 Å². The maximum atomic E-state index is 12.1. The highest BCUT2D eigenvalue weighted by Crippen LogP contribution is 2.21. The van der Waals surface area contributed by atoms with Crippen LogP contribution in [0, 0.1) is 0 Å². The summed E-state index contributed by atoms with van der Waals surface area (Å²) in [5.41, 5.74) is 3.32. The molecule has 1 aliphatic rings. The molecule has 9 nitrogen and oxygen atoms in total. The number of carboxylic acids is 2. The van der Waals surface area contributed by atoms with Crippen molar-refractivity contribution in [2.45, 2.75) is 32.1 Å². The third kappa shape index (κ3) is 9.91. The smallest absolute Gasteiger partial charge is 0.414 e. The Bertz CT molecular complexity index is 895. The van der Waals surface area contributed by atoms with Crippen LogP contribution in [0.5, 0.6) is 5.75 Å². The van der Waals surface area contributed by atoms with Gasteiger partial charge in [-0.3, -0.25) is 4.79 Å². The fourth-order valence-corrected chi connectivity index (χ4v) is 3.52. The lowest BCUT2D eigenvalue weighted by molar-refractivity contribution is -0.159. The van der Waals surface area contributed by atoms with Gasteiger partial charge >= 0.3 is 11.9 Å². The first-order chi connectivity index (χ1) is 16.4. The number of ether oxygens (including phenoxy) is 1. The molecule has 0 saturated carbocycles. The zero-order valence-corrected chi connectivity index (χ0v) is 19.5. The molecule has 184 valence electrons. The number of benzene rings is 2. The van der Waals surface area contributed by atoms with Crippen molar-refractivity contribution < 1.29 is 29.3 Å². The van der Waals surface area contributed by atoms with E-state index in [0.29, 0.717) is 6.54 Å². The molecule has 3 rings (SSSR count). The molecule has 0 radical (unpaired) electrons. The number of amides is 1. The molecule has 1 fully saturated rings. The monoisotopic (exact) mass is 471 g/mol. The Labute approximate surface area is 199 Å². The quantitative estimate of drug-likeness (QED) is 0.342. The lowest BCUT2D eigenvalue weighted by Gasteiger charge is -2.22. The zero-order chi connectivity index (χ0) is 24.8. The first-order valence-corrected chi connectivity index (χ1v) is 11.3. The van der Waals surface area contributed by atoms with Gasteiger partial charge in [0.2, 0.25) is 5.91 Å². The van der Waals surface area contributed by atoms with Gasteiger partial charge in [0.05, 0.1) is 13.7 Å². The van der Waals surface area contributed by atoms with E-state index in [1.807, 2.05) is 36.4 Å². The third-order valence-corrected chi connectivity index (χ3v) is 5.34. The molecule has 4 N–H and O–H groups in total. The fraction of sp³-hybridized carbons (Fsp3) is 0.400. The summed E-state index contributed by atoms with van der Waals surface area (Å²) in [7, 11) is 1.66. The minimum absolute atomic E-state index is 0.0164. The highest BCUT2D eigenvalue weighted by Gasteiger charge is 2.10. The fourth-order valence-electron chi connectivity index (χ4n) is 3.52. The number of anilines is 2. The van der Waals surface area contributed by atoms with Crippen LogP contribution in [-0.4, -0.2) is 61.3 Å². The van der Waals surface area contributed by atoms with Gasteiger partial charge in [-0.15, -0.1) is 0 Å². The average Bonchev–Trinajstić information content (AvgIpc) is 3.13. The van der Waals surface area contributed by atoms with Gasteiger partial charge in [0, 0.05) is 24.5 Å². The molecule has 0 aromatic heterocycles. The average molecular weight is 472 g/mol. The molecule has 1 aliphatic heterocycles. The molecule has 0 bridgehead atoms. The number of carboxylic acid groups (broad SMARTS) is 2. The number of hydrogen-bond acceptors (Lipinski definition) is 6. The summed E-state index contributed by atoms with van der Waals surface area (Å²) in [5.74, 6) is -2.81. The Kier molecular flexibility index (Phi) is 11.4. The SMILES string of the molecule is COc1ccc(CCNCC(=O)Nc2ccc(N3CCCCCC3)cc2)cc1.O=C(O)C(=O)O. The number of methoxy groups -OCH3 is 1. The Balaban J connectivity index is 0.000000604. The van der Waals surface area contributed by atoms with E-state index in [2.05, 4.69) is 27.7 Å². The van der Waals surface area contributed by atoms with Crippen molar-refractivity contribution in [3.63, 3.8) is 0 Å². The summed E-state index contributed by atoms with van der Waals surface area (Å²) < 4.78 is 5.16. The minimum Gasteiger partial charge on any atom is -0.497 e. The number of nitrogens with zero attached hydrogens (tertiary/aromatic N) is 1. The molecule has 1 saturated heterocycles. The number of carbonyl (C=O) groups excluding carboxylic acids is 1. The van der Waals surface area contributed by atoms with Crippen molar-refractivity contribution >= 4 is 29.2 Å². The van der Waals surface area contributed by atoms with Crippen LogP contribution < -0.4 is 20.3 Å². The van der Waals surface area contributed by atoms with E-state index < -0.39 is 11.9 Å². The second-order valence-corrected chi connectivity index (χ2v) is 7.88. The predicted molar refractivity (Wildman–Crippen MR) is 131 cm³/mol. The van der Waals surface area contributed by atoms with Crippen LogP contribution in [0.4, 0.5) is 11.4 Å². The van der Waals surface area contributed by atoms with E-state index in [0.717, 1.165) is 37.5 Å². The van der Waals surface area contributed by atoms with E-state index in [9.17, 15) is 4.79 Å². The van der Waals surface area contributed by atoms with Gasteiger partial charge < -0.3 is 30.5 Å². The van der Waals surface area contributed by atoms with E-state index in [4.69, 9.17) is 24.5 Å². The number of hydrogen-bond donors (Lipinski definition) is 4. The highest BCUT2D eigenvalue weighted by molar-refractivity contribution is 6.27. The molecule has 34 heavy (non-hydrogen) atoms. The standard InChI is InChI=1S/C23H31N3O2.C2H2O4/c1-28-22-12-6-19(7-13-22)14-15-24-18-23(27)25-20-8-10-21(11-9-20)26-16-4-2-3-5-17-26;3-1(4)2(5)6/h6-13,24H,2-5,14-18H2,1H3,(H,25,27);(H,3,4)(H,5,6). The lowest BCUT2D eigenvalue weighted by atomic mass is 10.1. The largest absolute Gasteiger partial charge is 0.497 e. The van der Waals surface area contributed by atoms with Gasteiger partial charge in [-0.25, -0.2) is 9.59 Å². The molecule has 1 heterocycles. The van der Waals surface area contributed by atoms with Crippen LogP contribution in [0.2, 0.25) is 0 Å². The van der Waals surface area contributed by atoms with Crippen molar-refractivity contribution in [2.75, 3.05) is 43.5 Å². The summed E-state index contributed by atoms with van der Waals surface area (Å²) in [6.07, 6.45) is 6.06. The Morgan fingerprint density at radius 2 is 1.47 bits per heavy atom. The van der Waals surface area contributed by atoms with Crippen LogP contribution in [0.15, 0.2) is 48.5 Å². The van der Waals surface area contributed by atoms with Crippen LogP contribution >= 0.6 is 0 Å². The maximum absolute atomic E-state index is 12.1. The van der Waals surface area contributed by atoms with E-state index >= 15 is 0 Å². The molecule has 0 aliphatic carbocycles. The van der Waals surface area contributed by atoms with Crippen molar-refractivity contribution in [2.24, 2.45) is 0 Å². The topological polar surface area (TPSA) is 128 Å². The van der Waals surface area contributed by atoms with Crippen LogP contribution in [0.3, 0.4) is 0 Å². The van der Waals surface area contributed by atoms with E-state index in [-0.39, 0.29) is 5.91 Å². The van der Waals surface area contributed by atoms with Crippen molar-refractivity contribution in [3.8, 4) is 5.75 Å². The van der Waals surface area contributed by atoms with E-state index in [1.54, 1.807) is 7.11 Å². The first-order valence-electron chi connectivity index (χ1n) is 11.3. The first kappa shape index (κ1) is 26.7. The predicted octanol–water partition coefficient (Wildman–Crippen LogP) is 3.00. The minimum atomic E-state index is -1.82. The normalized spacial score (nSPS) is 13.1. The molecule has 1 amide bonds. The summed E-state index contributed by atoms with van der Waals surface area (Å²) in [6, 6.07) is 16.2. The second-order valence-electron chi connectivity index (χ2n) is 7.88. The van der Waals surface area contributed by atoms with Gasteiger partial charge in [-0.2, -0.15) is 0 Å². The van der Waals surface area contributed by atoms with Gasteiger partial charge in [-0.05, 0) is 67.8 Å². The third-order valence-electron chi connectivity index (χ3n) is 5.34. The molecular formula is C25H33N3O6. The summed E-state index contributed by atoms with van der Waals surface area (Å²) >= 11 is 0. The van der Waals surface area contributed by atoms with Crippen molar-refractivity contribution in [3.05, 3.63) is 54.1 Å². The Morgan fingerprint density at radius 3 is 2.00 bits per heavy atom. The Hall–Kier alpha value is -3.59. The van der Waals surface area contributed by atoms with Crippen molar-refractivity contribution in [1.82, 2.24) is 5.32 Å². The molecule has 2 aromatic carbocycles. The van der Waals surface area contributed by atoms with Gasteiger partial charge in [-0.1, -0.05) is 25.0 Å². The number of nitrogens with one attached hydrogen (secondary N) is 2. The summed E-state index contributed by atoms with van der Waals surface area (Å²) in [6.45, 7) is 3.32. The molecule has 0 atom stereocenters. The number of rotatable bonds is 8. The van der Waals surface area contributed by atoms with E-state index in [1.165, 1.54) is 36.9 Å². The van der Waals surface area contributed by atoms with Crippen molar-refractivity contribution in [1.29, 1.82) is 0 Å². The number of carbonyl (C=O) groups is 3. The zero-order valence-electron chi connectivity index (χ0n) is 19.5. The summed E-state index contributed by atoms with van der Waals surface area (Å²) in [5, 5.41) is 20.9. The number of aliphatic carboxylic acids is 2. The highest BCUT2D eigenvalue weighted by atomic mass is 16.5. The van der Waals surface area contributed by atoms with Crippen LogP contribution in [0.1, 0.15) is 31.2 Å².